The first kappa shape index (κ1) is 25.1. The molecule has 0 spiro atoms. The van der Waals surface area contributed by atoms with Crippen LogP contribution >= 0.6 is 11.6 Å². The molecule has 2 heterocycles. The smallest absolute Gasteiger partial charge is 0.290 e. The number of rotatable bonds is 8. The molecule has 0 unspecified atom stereocenters. The van der Waals surface area contributed by atoms with E-state index in [1.807, 2.05) is 48.5 Å². The third kappa shape index (κ3) is 5.16. The first-order valence-corrected chi connectivity index (χ1v) is 13.4. The van der Waals surface area contributed by atoms with Gasteiger partial charge < -0.3 is 0 Å². The Hall–Kier alpha value is -3.52. The van der Waals surface area contributed by atoms with E-state index in [4.69, 9.17) is 11.6 Å². The summed E-state index contributed by atoms with van der Waals surface area (Å²) >= 11 is 6.72. The van der Waals surface area contributed by atoms with Crippen LogP contribution in [-0.2, 0) is 13.0 Å². The maximum Gasteiger partial charge on any atom is 0.336 e. The van der Waals surface area contributed by atoms with Gasteiger partial charge in [-0.05, 0) is 52.8 Å². The average Bonchev–Trinajstić information content (AvgIpc) is 3.55. The molecule has 9 heteroatoms. The molecule has 0 aliphatic heterocycles. The van der Waals surface area contributed by atoms with Crippen molar-refractivity contribution in [2.24, 2.45) is 5.92 Å². The monoisotopic (exact) mass is 518 g/mol. The van der Waals surface area contributed by atoms with Crippen molar-refractivity contribution in [2.75, 3.05) is 0 Å². The molecule has 0 radical (unpaired) electrons. The van der Waals surface area contributed by atoms with E-state index >= 15 is 0 Å². The highest BCUT2D eigenvalue weighted by Gasteiger charge is 2.29. The van der Waals surface area contributed by atoms with Crippen molar-refractivity contribution < 1.29 is 4.79 Å². The summed E-state index contributed by atoms with van der Waals surface area (Å²) in [6.07, 6.45) is 7.36. The molecule has 1 saturated carbocycles. The Morgan fingerprint density at radius 3 is 2.46 bits per heavy atom. The number of hydrogen-bond acceptors (Lipinski definition) is 5. The van der Waals surface area contributed by atoms with Gasteiger partial charge in [-0.3, -0.25) is 9.36 Å². The molecule has 4 aromatic rings. The standard InChI is InChI=1S/C28H31ClN6O2/c1-2-3-13-24-25(29)35(27(36)21-9-5-4-6-10-21)28(37)34(24)18-19-14-16-20(17-15-19)22-11-7-8-12-23(22)26-30-32-33-31-26/h7-8,11-12,14-17,21H,2-6,9-10,13,18H2,1H3,(H,30,31,32,33). The molecule has 1 aliphatic carbocycles. The van der Waals surface area contributed by atoms with Crippen LogP contribution in [0, 0.1) is 5.92 Å². The van der Waals surface area contributed by atoms with Gasteiger partial charge in [0.15, 0.2) is 5.82 Å². The number of tetrazole rings is 1. The molecule has 0 saturated heterocycles. The average molecular weight is 519 g/mol. The van der Waals surface area contributed by atoms with Gasteiger partial charge in [0.1, 0.15) is 5.15 Å². The molecule has 0 atom stereocenters. The number of benzene rings is 2. The SMILES string of the molecule is CCCCc1c(Cl)n(C(=O)C2CCCCC2)c(=O)n1Cc1ccc(-c2ccccc2-c2nnn[nH]2)cc1. The Morgan fingerprint density at radius 2 is 1.78 bits per heavy atom. The van der Waals surface area contributed by atoms with Gasteiger partial charge in [-0.1, -0.05) is 92.7 Å². The summed E-state index contributed by atoms with van der Waals surface area (Å²) in [5, 5.41) is 14.5. The van der Waals surface area contributed by atoms with E-state index in [-0.39, 0.29) is 22.7 Å². The highest BCUT2D eigenvalue weighted by molar-refractivity contribution is 6.31. The molecule has 1 aliphatic rings. The number of nitrogens with zero attached hydrogens (tertiary/aromatic N) is 5. The summed E-state index contributed by atoms with van der Waals surface area (Å²) < 4.78 is 2.92. The van der Waals surface area contributed by atoms with Crippen molar-refractivity contribution in [3.05, 3.63) is 75.4 Å². The largest absolute Gasteiger partial charge is 0.336 e. The third-order valence-electron chi connectivity index (χ3n) is 7.26. The van der Waals surface area contributed by atoms with Gasteiger partial charge in [0.2, 0.25) is 5.91 Å². The second kappa shape index (κ2) is 11.3. The zero-order valence-corrected chi connectivity index (χ0v) is 21.7. The first-order chi connectivity index (χ1) is 18.1. The van der Waals surface area contributed by atoms with E-state index in [2.05, 4.69) is 27.5 Å². The highest BCUT2D eigenvalue weighted by atomic mass is 35.5. The molecular formula is C28H31ClN6O2. The molecule has 0 amide bonds. The van der Waals surface area contributed by atoms with E-state index in [1.54, 1.807) is 4.57 Å². The van der Waals surface area contributed by atoms with Crippen molar-refractivity contribution in [1.29, 1.82) is 0 Å². The van der Waals surface area contributed by atoms with Gasteiger partial charge in [-0.25, -0.2) is 14.5 Å². The Kier molecular flexibility index (Phi) is 7.65. The molecular weight excluding hydrogens is 488 g/mol. The Bertz CT molecular complexity index is 1420. The van der Waals surface area contributed by atoms with Crippen LogP contribution in [0.25, 0.3) is 22.5 Å². The lowest BCUT2D eigenvalue weighted by atomic mass is 9.88. The third-order valence-corrected chi connectivity index (χ3v) is 7.64. The lowest BCUT2D eigenvalue weighted by molar-refractivity contribution is 0.0796. The first-order valence-electron chi connectivity index (χ1n) is 13.0. The number of hydrogen-bond donors (Lipinski definition) is 1. The number of aromatic amines is 1. The van der Waals surface area contributed by atoms with Crippen LogP contribution in [0.5, 0.6) is 0 Å². The zero-order valence-electron chi connectivity index (χ0n) is 21.0. The van der Waals surface area contributed by atoms with Crippen LogP contribution in [0.1, 0.15) is 67.9 Å². The van der Waals surface area contributed by atoms with Gasteiger partial charge in [-0.15, -0.1) is 5.10 Å². The Balaban J connectivity index is 1.45. The number of nitrogens with one attached hydrogen (secondary N) is 1. The van der Waals surface area contributed by atoms with Crippen molar-refractivity contribution in [3.63, 3.8) is 0 Å². The van der Waals surface area contributed by atoms with Crippen LogP contribution in [-0.4, -0.2) is 35.7 Å². The van der Waals surface area contributed by atoms with Crippen LogP contribution in [0.15, 0.2) is 53.3 Å². The number of carbonyl (C=O) groups excluding carboxylic acids is 1. The Morgan fingerprint density at radius 1 is 1.05 bits per heavy atom. The summed E-state index contributed by atoms with van der Waals surface area (Å²) in [4.78, 5) is 26.8. The van der Waals surface area contributed by atoms with Crippen LogP contribution < -0.4 is 5.69 Å². The molecule has 5 rings (SSSR count). The fourth-order valence-electron chi connectivity index (χ4n) is 5.22. The minimum atomic E-state index is -0.334. The zero-order chi connectivity index (χ0) is 25.8. The quantitative estimate of drug-likeness (QED) is 0.319. The van der Waals surface area contributed by atoms with E-state index in [0.29, 0.717) is 18.8 Å². The number of carbonyl (C=O) groups is 1. The molecule has 2 aromatic heterocycles. The van der Waals surface area contributed by atoms with Gasteiger partial charge in [0, 0.05) is 11.5 Å². The molecule has 1 N–H and O–H groups in total. The van der Waals surface area contributed by atoms with Crippen LogP contribution in [0.2, 0.25) is 5.15 Å². The van der Waals surface area contributed by atoms with E-state index in [9.17, 15) is 9.59 Å². The highest BCUT2D eigenvalue weighted by Crippen LogP contribution is 2.30. The van der Waals surface area contributed by atoms with E-state index in [0.717, 1.165) is 72.9 Å². The molecule has 8 nitrogen and oxygen atoms in total. The summed E-state index contributed by atoms with van der Waals surface area (Å²) in [5.41, 5.74) is 4.28. The van der Waals surface area contributed by atoms with E-state index < -0.39 is 0 Å². The van der Waals surface area contributed by atoms with Gasteiger partial charge >= 0.3 is 5.69 Å². The maximum atomic E-state index is 13.5. The lowest BCUT2D eigenvalue weighted by Gasteiger charge is -2.20. The normalized spacial score (nSPS) is 14.2. The topological polar surface area (TPSA) is 98.5 Å². The predicted octanol–water partition coefficient (Wildman–Crippen LogP) is 5.76. The van der Waals surface area contributed by atoms with Crippen molar-refractivity contribution in [1.82, 2.24) is 29.8 Å². The number of unbranched alkanes of at least 4 members (excludes halogenated alkanes) is 1. The van der Waals surface area contributed by atoms with Crippen LogP contribution in [0.3, 0.4) is 0 Å². The number of H-pyrrole nitrogens is 1. The maximum absolute atomic E-state index is 13.5. The predicted molar refractivity (Wildman–Crippen MR) is 144 cm³/mol. The number of imidazole rings is 1. The number of halogens is 1. The van der Waals surface area contributed by atoms with Gasteiger partial charge in [0.25, 0.3) is 0 Å². The summed E-state index contributed by atoms with van der Waals surface area (Å²) in [7, 11) is 0. The van der Waals surface area contributed by atoms with Crippen molar-refractivity contribution >= 4 is 17.5 Å². The van der Waals surface area contributed by atoms with Gasteiger partial charge in [-0.2, -0.15) is 0 Å². The second-order valence-corrected chi connectivity index (χ2v) is 10.1. The minimum absolute atomic E-state index is 0.127. The minimum Gasteiger partial charge on any atom is -0.290 e. The Labute approximate surface area is 220 Å². The molecule has 0 bridgehead atoms. The van der Waals surface area contributed by atoms with E-state index in [1.165, 1.54) is 4.57 Å². The summed E-state index contributed by atoms with van der Waals surface area (Å²) in [6.45, 7) is 2.46. The summed E-state index contributed by atoms with van der Waals surface area (Å²) in [5.74, 6) is 0.322. The van der Waals surface area contributed by atoms with Crippen molar-refractivity contribution in [2.45, 2.75) is 64.8 Å². The second-order valence-electron chi connectivity index (χ2n) is 9.71. The van der Waals surface area contributed by atoms with Crippen LogP contribution in [0.4, 0.5) is 0 Å². The fourth-order valence-corrected chi connectivity index (χ4v) is 5.57. The lowest BCUT2D eigenvalue weighted by Crippen LogP contribution is -2.34. The molecule has 2 aromatic carbocycles. The van der Waals surface area contributed by atoms with Gasteiger partial charge in [0.05, 0.1) is 12.2 Å². The molecule has 1 fully saturated rings. The number of aromatic nitrogens is 6. The molecule has 192 valence electrons. The fraction of sp³-hybridized carbons (Fsp3) is 0.393. The molecule has 37 heavy (non-hydrogen) atoms. The summed E-state index contributed by atoms with van der Waals surface area (Å²) in [6, 6.07) is 16.0. The van der Waals surface area contributed by atoms with Crippen molar-refractivity contribution in [3.8, 4) is 22.5 Å².